The van der Waals surface area contributed by atoms with Gasteiger partial charge in [-0.2, -0.15) is 0 Å². The number of hydrogen-bond acceptors (Lipinski definition) is 3. The number of carbonyl (C=O) groups is 3. The zero-order valence-electron chi connectivity index (χ0n) is 15.4. The van der Waals surface area contributed by atoms with Gasteiger partial charge in [0.25, 0.3) is 0 Å². The van der Waals surface area contributed by atoms with Gasteiger partial charge in [0.1, 0.15) is 6.04 Å². The Morgan fingerprint density at radius 1 is 1.00 bits per heavy atom. The number of primary amides is 1. The van der Waals surface area contributed by atoms with Crippen LogP contribution in [0.25, 0.3) is 0 Å². The van der Waals surface area contributed by atoms with Gasteiger partial charge in [0.05, 0.1) is 6.54 Å². The van der Waals surface area contributed by atoms with Gasteiger partial charge in [-0.3, -0.25) is 9.59 Å². The van der Waals surface area contributed by atoms with Crippen LogP contribution in [-0.2, 0) is 16.0 Å². The average Bonchev–Trinajstić information content (AvgIpc) is 2.63. The third kappa shape index (κ3) is 6.14. The Labute approximate surface area is 158 Å². The first kappa shape index (κ1) is 20.0. The highest BCUT2D eigenvalue weighted by Gasteiger charge is 2.21. The van der Waals surface area contributed by atoms with Gasteiger partial charge in [-0.15, -0.1) is 0 Å². The fraction of sp³-hybridized carbons (Fsp3) is 0.250. The molecule has 0 aliphatic rings. The van der Waals surface area contributed by atoms with Crippen molar-refractivity contribution in [2.45, 2.75) is 26.3 Å². The van der Waals surface area contributed by atoms with Crippen LogP contribution in [0.2, 0.25) is 0 Å². The number of nitrogens with one attached hydrogen (secondary N) is 3. The number of nitrogens with two attached hydrogens (primary N) is 1. The molecule has 0 fully saturated rings. The summed E-state index contributed by atoms with van der Waals surface area (Å²) in [6.07, 6.45) is 0.272. The van der Waals surface area contributed by atoms with Crippen molar-refractivity contribution in [3.8, 4) is 0 Å². The lowest BCUT2D eigenvalue weighted by Crippen LogP contribution is -2.51. The van der Waals surface area contributed by atoms with E-state index < -0.39 is 18.0 Å². The van der Waals surface area contributed by atoms with Crippen molar-refractivity contribution in [1.82, 2.24) is 10.6 Å². The van der Waals surface area contributed by atoms with Crippen molar-refractivity contribution in [2.24, 2.45) is 5.73 Å². The molecular weight excluding hydrogens is 344 g/mol. The zero-order valence-corrected chi connectivity index (χ0v) is 15.4. The first-order valence-corrected chi connectivity index (χ1v) is 8.60. The standard InChI is InChI=1S/C20H24N4O3/c1-13-7-6-10-16(14(13)2)23-18(25)12-22-19(26)17(24-20(21)27)11-15-8-4-3-5-9-15/h3-10,17H,11-12H2,1-2H3,(H,22,26)(H,23,25)(H3,21,24,27)/t17-/m0/s1. The molecule has 1 atom stereocenters. The topological polar surface area (TPSA) is 113 Å². The minimum atomic E-state index is -0.863. The Bertz CT molecular complexity index is 821. The SMILES string of the molecule is Cc1cccc(NC(=O)CNC(=O)[C@H](Cc2ccccc2)NC(N)=O)c1C. The maximum Gasteiger partial charge on any atom is 0.312 e. The quantitative estimate of drug-likeness (QED) is 0.596. The van der Waals surface area contributed by atoms with Crippen LogP contribution in [-0.4, -0.2) is 30.4 Å². The molecule has 0 saturated heterocycles. The molecule has 0 radical (unpaired) electrons. The van der Waals surface area contributed by atoms with Crippen LogP contribution >= 0.6 is 0 Å². The molecule has 0 aliphatic carbocycles. The summed E-state index contributed by atoms with van der Waals surface area (Å²) >= 11 is 0. The van der Waals surface area contributed by atoms with Crippen molar-refractivity contribution in [2.75, 3.05) is 11.9 Å². The van der Waals surface area contributed by atoms with E-state index in [1.165, 1.54) is 0 Å². The summed E-state index contributed by atoms with van der Waals surface area (Å²) in [4.78, 5) is 35.8. The van der Waals surface area contributed by atoms with Gasteiger partial charge < -0.3 is 21.7 Å². The molecular formula is C20H24N4O3. The summed E-state index contributed by atoms with van der Waals surface area (Å²) < 4.78 is 0. The lowest BCUT2D eigenvalue weighted by atomic mass is 10.1. The molecule has 0 aromatic heterocycles. The van der Waals surface area contributed by atoms with Crippen LogP contribution in [0.3, 0.4) is 0 Å². The maximum atomic E-state index is 12.4. The average molecular weight is 368 g/mol. The van der Waals surface area contributed by atoms with E-state index in [1.54, 1.807) is 6.07 Å². The summed E-state index contributed by atoms with van der Waals surface area (Å²) in [6.45, 7) is 3.66. The second-order valence-electron chi connectivity index (χ2n) is 6.26. The van der Waals surface area contributed by atoms with E-state index in [4.69, 9.17) is 5.73 Å². The number of aryl methyl sites for hydroxylation is 1. The van der Waals surface area contributed by atoms with E-state index in [-0.39, 0.29) is 18.9 Å². The number of benzene rings is 2. The smallest absolute Gasteiger partial charge is 0.312 e. The zero-order chi connectivity index (χ0) is 19.8. The molecule has 0 unspecified atom stereocenters. The molecule has 2 aromatic rings. The molecule has 7 heteroatoms. The van der Waals surface area contributed by atoms with Gasteiger partial charge in [-0.05, 0) is 36.6 Å². The van der Waals surface area contributed by atoms with Crippen LogP contribution in [0.5, 0.6) is 0 Å². The summed E-state index contributed by atoms with van der Waals surface area (Å²) in [5.41, 5.74) is 8.76. The molecule has 142 valence electrons. The van der Waals surface area contributed by atoms with Crippen molar-refractivity contribution >= 4 is 23.5 Å². The van der Waals surface area contributed by atoms with Gasteiger partial charge >= 0.3 is 6.03 Å². The number of amides is 4. The highest BCUT2D eigenvalue weighted by atomic mass is 16.2. The molecule has 0 heterocycles. The first-order chi connectivity index (χ1) is 12.9. The van der Waals surface area contributed by atoms with Crippen LogP contribution in [0, 0.1) is 13.8 Å². The summed E-state index contributed by atoms with van der Waals surface area (Å²) in [5.74, 6) is -0.830. The molecule has 5 N–H and O–H groups in total. The van der Waals surface area contributed by atoms with Gasteiger partial charge in [0.15, 0.2) is 0 Å². The third-order valence-electron chi connectivity index (χ3n) is 4.22. The van der Waals surface area contributed by atoms with E-state index in [0.29, 0.717) is 5.69 Å². The Balaban J connectivity index is 1.94. The summed E-state index contributed by atoms with van der Waals surface area (Å²) in [7, 11) is 0. The Hall–Kier alpha value is -3.35. The lowest BCUT2D eigenvalue weighted by molar-refractivity contribution is -0.125. The highest BCUT2D eigenvalue weighted by molar-refractivity contribution is 5.96. The molecule has 0 spiro atoms. The molecule has 4 amide bonds. The molecule has 27 heavy (non-hydrogen) atoms. The van der Waals surface area contributed by atoms with Gasteiger partial charge in [-0.1, -0.05) is 42.5 Å². The number of anilines is 1. The maximum absolute atomic E-state index is 12.4. The third-order valence-corrected chi connectivity index (χ3v) is 4.22. The van der Waals surface area contributed by atoms with Crippen molar-refractivity contribution in [3.05, 3.63) is 65.2 Å². The van der Waals surface area contributed by atoms with E-state index in [1.807, 2.05) is 56.3 Å². The molecule has 2 aromatic carbocycles. The Kier molecular flexibility index (Phi) is 6.93. The van der Waals surface area contributed by atoms with Crippen molar-refractivity contribution in [3.63, 3.8) is 0 Å². The lowest BCUT2D eigenvalue weighted by Gasteiger charge is -2.17. The molecule has 2 rings (SSSR count). The monoisotopic (exact) mass is 368 g/mol. The second kappa shape index (κ2) is 9.38. The van der Waals surface area contributed by atoms with Gasteiger partial charge in [-0.25, -0.2) is 4.79 Å². The minimum Gasteiger partial charge on any atom is -0.352 e. The minimum absolute atomic E-state index is 0.210. The van der Waals surface area contributed by atoms with Crippen LogP contribution in [0.1, 0.15) is 16.7 Å². The summed E-state index contributed by atoms with van der Waals surface area (Å²) in [5, 5.41) is 7.72. The second-order valence-corrected chi connectivity index (χ2v) is 6.26. The van der Waals surface area contributed by atoms with Crippen LogP contribution < -0.4 is 21.7 Å². The fourth-order valence-electron chi connectivity index (χ4n) is 2.60. The van der Waals surface area contributed by atoms with E-state index >= 15 is 0 Å². The number of hydrogen-bond donors (Lipinski definition) is 4. The Morgan fingerprint density at radius 3 is 2.37 bits per heavy atom. The van der Waals surface area contributed by atoms with E-state index in [9.17, 15) is 14.4 Å². The van der Waals surface area contributed by atoms with E-state index in [0.717, 1.165) is 16.7 Å². The molecule has 0 saturated carbocycles. The predicted molar refractivity (Wildman–Crippen MR) is 104 cm³/mol. The van der Waals surface area contributed by atoms with Crippen molar-refractivity contribution in [1.29, 1.82) is 0 Å². The van der Waals surface area contributed by atoms with Crippen LogP contribution in [0.4, 0.5) is 10.5 Å². The van der Waals surface area contributed by atoms with Gasteiger partial charge in [0, 0.05) is 12.1 Å². The highest BCUT2D eigenvalue weighted by Crippen LogP contribution is 2.17. The predicted octanol–water partition coefficient (Wildman–Crippen LogP) is 1.64. The normalized spacial score (nSPS) is 11.3. The number of carbonyl (C=O) groups excluding carboxylic acids is 3. The molecule has 7 nitrogen and oxygen atoms in total. The summed E-state index contributed by atoms with van der Waals surface area (Å²) in [6, 6.07) is 13.2. The largest absolute Gasteiger partial charge is 0.352 e. The first-order valence-electron chi connectivity index (χ1n) is 8.60. The van der Waals surface area contributed by atoms with Gasteiger partial charge in [0.2, 0.25) is 11.8 Å². The molecule has 0 aliphatic heterocycles. The van der Waals surface area contributed by atoms with Crippen LogP contribution in [0.15, 0.2) is 48.5 Å². The molecule has 0 bridgehead atoms. The number of urea groups is 1. The van der Waals surface area contributed by atoms with Crippen molar-refractivity contribution < 1.29 is 14.4 Å². The fourth-order valence-corrected chi connectivity index (χ4v) is 2.60. The number of rotatable bonds is 7. The van der Waals surface area contributed by atoms with E-state index in [2.05, 4.69) is 16.0 Å². The Morgan fingerprint density at radius 2 is 1.70 bits per heavy atom.